The molecule has 0 aromatic carbocycles. The molecule has 0 N–H and O–H groups in total. The third kappa shape index (κ3) is 12.4. The van der Waals surface area contributed by atoms with Gasteiger partial charge < -0.3 is 14.2 Å². The molecule has 0 aliphatic rings. The smallest absolute Gasteiger partial charge is 0.305 e. The predicted octanol–water partition coefficient (Wildman–Crippen LogP) is 3.25. The first-order valence-corrected chi connectivity index (χ1v) is 7.98. The number of unbranched alkanes of at least 4 members (excludes halogenated alkanes) is 2. The van der Waals surface area contributed by atoms with Gasteiger partial charge in [0.25, 0.3) is 0 Å². The molecule has 0 bridgehead atoms. The molecule has 0 saturated heterocycles. The fourth-order valence-electron chi connectivity index (χ4n) is 1.82. The van der Waals surface area contributed by atoms with Crippen LogP contribution >= 0.6 is 0 Å². The highest BCUT2D eigenvalue weighted by molar-refractivity contribution is 5.69. The van der Waals surface area contributed by atoms with E-state index in [0.717, 1.165) is 32.1 Å². The lowest BCUT2D eigenvalue weighted by Crippen LogP contribution is -2.19. The Hall–Kier alpha value is -1.10. The summed E-state index contributed by atoms with van der Waals surface area (Å²) >= 11 is 0. The Kier molecular flexibility index (Phi) is 13.1. The lowest BCUT2D eigenvalue weighted by molar-refractivity contribution is -0.150. The zero-order valence-electron chi connectivity index (χ0n) is 13.7. The molecule has 0 fully saturated rings. The number of hydrogen-bond donors (Lipinski definition) is 0. The number of hydrogen-bond acceptors (Lipinski definition) is 5. The standard InChI is InChI=1S/C16H30O5/c1-4-6-12-20-16(18)10-8-7-9-14(11-13-19-3)21-15(17)5-2/h14H,4-13H2,1-3H3/t14-/m0/s1. The van der Waals surface area contributed by atoms with Crippen LogP contribution in [0.15, 0.2) is 0 Å². The minimum atomic E-state index is -0.185. The third-order valence-corrected chi connectivity index (χ3v) is 3.15. The Morgan fingerprint density at radius 2 is 1.71 bits per heavy atom. The van der Waals surface area contributed by atoms with Crippen LogP contribution in [0.2, 0.25) is 0 Å². The monoisotopic (exact) mass is 302 g/mol. The summed E-state index contributed by atoms with van der Waals surface area (Å²) in [6.45, 7) is 4.92. The summed E-state index contributed by atoms with van der Waals surface area (Å²) < 4.78 is 15.5. The van der Waals surface area contributed by atoms with Crippen LogP contribution in [0.3, 0.4) is 0 Å². The normalized spacial score (nSPS) is 12.0. The highest BCUT2D eigenvalue weighted by atomic mass is 16.5. The minimum absolute atomic E-state index is 0.117. The molecule has 0 aromatic rings. The molecule has 21 heavy (non-hydrogen) atoms. The second kappa shape index (κ2) is 13.9. The van der Waals surface area contributed by atoms with Crippen molar-refractivity contribution in [2.75, 3.05) is 20.3 Å². The van der Waals surface area contributed by atoms with Crippen LogP contribution in [0.1, 0.15) is 65.2 Å². The van der Waals surface area contributed by atoms with E-state index >= 15 is 0 Å². The number of esters is 2. The van der Waals surface area contributed by atoms with Crippen LogP contribution in [0.4, 0.5) is 0 Å². The lowest BCUT2D eigenvalue weighted by atomic mass is 10.1. The van der Waals surface area contributed by atoms with Crippen molar-refractivity contribution >= 4 is 11.9 Å². The van der Waals surface area contributed by atoms with Crippen LogP contribution in [-0.4, -0.2) is 38.4 Å². The molecule has 0 aliphatic carbocycles. The van der Waals surface area contributed by atoms with Gasteiger partial charge in [0.2, 0.25) is 0 Å². The second-order valence-corrected chi connectivity index (χ2v) is 5.07. The summed E-state index contributed by atoms with van der Waals surface area (Å²) in [6.07, 6.45) is 5.70. The first-order chi connectivity index (χ1) is 10.1. The Balaban J connectivity index is 3.80. The average molecular weight is 302 g/mol. The molecule has 5 nitrogen and oxygen atoms in total. The van der Waals surface area contributed by atoms with Crippen LogP contribution in [0.5, 0.6) is 0 Å². The second-order valence-electron chi connectivity index (χ2n) is 5.07. The largest absolute Gasteiger partial charge is 0.466 e. The number of carbonyl (C=O) groups excluding carboxylic acids is 2. The first kappa shape index (κ1) is 19.9. The maximum atomic E-state index is 11.4. The van der Waals surface area contributed by atoms with Gasteiger partial charge in [0.15, 0.2) is 0 Å². The van der Waals surface area contributed by atoms with Gasteiger partial charge in [-0.25, -0.2) is 0 Å². The average Bonchev–Trinajstić information content (AvgIpc) is 2.48. The van der Waals surface area contributed by atoms with Crippen molar-refractivity contribution < 1.29 is 23.8 Å². The third-order valence-electron chi connectivity index (χ3n) is 3.15. The predicted molar refractivity (Wildman–Crippen MR) is 81.0 cm³/mol. The molecule has 0 rings (SSSR count). The molecule has 0 spiro atoms. The summed E-state index contributed by atoms with van der Waals surface area (Å²) in [5.41, 5.74) is 0. The van der Waals surface area contributed by atoms with E-state index in [-0.39, 0.29) is 18.0 Å². The van der Waals surface area contributed by atoms with Crippen molar-refractivity contribution in [2.24, 2.45) is 0 Å². The van der Waals surface area contributed by atoms with Crippen molar-refractivity contribution in [3.8, 4) is 0 Å². The topological polar surface area (TPSA) is 61.8 Å². The van der Waals surface area contributed by atoms with Gasteiger partial charge in [0.1, 0.15) is 6.10 Å². The number of methoxy groups -OCH3 is 1. The summed E-state index contributed by atoms with van der Waals surface area (Å²) in [5, 5.41) is 0. The maximum absolute atomic E-state index is 11.4. The fourth-order valence-corrected chi connectivity index (χ4v) is 1.82. The highest BCUT2D eigenvalue weighted by Gasteiger charge is 2.13. The summed E-state index contributed by atoms with van der Waals surface area (Å²) in [5.74, 6) is -0.322. The quantitative estimate of drug-likeness (QED) is 0.386. The van der Waals surface area contributed by atoms with Gasteiger partial charge in [-0.05, 0) is 25.7 Å². The molecule has 0 heterocycles. The number of rotatable bonds is 13. The zero-order valence-corrected chi connectivity index (χ0v) is 13.7. The minimum Gasteiger partial charge on any atom is -0.466 e. The first-order valence-electron chi connectivity index (χ1n) is 7.98. The van der Waals surface area contributed by atoms with Crippen molar-refractivity contribution in [1.29, 1.82) is 0 Å². The Labute approximate surface area is 128 Å². The Morgan fingerprint density at radius 3 is 2.33 bits per heavy atom. The molecule has 0 unspecified atom stereocenters. The maximum Gasteiger partial charge on any atom is 0.305 e. The van der Waals surface area contributed by atoms with E-state index in [1.165, 1.54) is 0 Å². The molecule has 124 valence electrons. The van der Waals surface area contributed by atoms with Gasteiger partial charge in [-0.3, -0.25) is 9.59 Å². The molecule has 5 heteroatoms. The van der Waals surface area contributed by atoms with E-state index in [1.807, 2.05) is 0 Å². The SMILES string of the molecule is CCCCOC(=O)CCCC[C@@H](CCOC)OC(=O)CC. The Bertz CT molecular complexity index is 278. The summed E-state index contributed by atoms with van der Waals surface area (Å²) in [7, 11) is 1.63. The Morgan fingerprint density at radius 1 is 0.952 bits per heavy atom. The van der Waals surface area contributed by atoms with Gasteiger partial charge >= 0.3 is 11.9 Å². The van der Waals surface area contributed by atoms with Crippen molar-refractivity contribution in [3.63, 3.8) is 0 Å². The van der Waals surface area contributed by atoms with E-state index in [0.29, 0.717) is 32.5 Å². The number of ether oxygens (including phenoxy) is 3. The van der Waals surface area contributed by atoms with E-state index in [9.17, 15) is 9.59 Å². The molecule has 1 atom stereocenters. The zero-order chi connectivity index (χ0) is 15.9. The van der Waals surface area contributed by atoms with Crippen molar-refractivity contribution in [3.05, 3.63) is 0 Å². The molecular formula is C16H30O5. The fraction of sp³-hybridized carbons (Fsp3) is 0.875. The van der Waals surface area contributed by atoms with Gasteiger partial charge in [0.05, 0.1) is 6.61 Å². The summed E-state index contributed by atoms with van der Waals surface area (Å²) in [6, 6.07) is 0. The van der Waals surface area contributed by atoms with E-state index < -0.39 is 0 Å². The van der Waals surface area contributed by atoms with E-state index in [4.69, 9.17) is 14.2 Å². The highest BCUT2D eigenvalue weighted by Crippen LogP contribution is 2.12. The van der Waals surface area contributed by atoms with Crippen LogP contribution in [0.25, 0.3) is 0 Å². The van der Waals surface area contributed by atoms with Crippen molar-refractivity contribution in [1.82, 2.24) is 0 Å². The number of carbonyl (C=O) groups is 2. The van der Waals surface area contributed by atoms with Gasteiger partial charge in [-0.1, -0.05) is 20.3 Å². The van der Waals surface area contributed by atoms with Gasteiger partial charge in [0, 0.05) is 33.0 Å². The molecule has 0 aromatic heterocycles. The molecule has 0 saturated carbocycles. The molecule has 0 radical (unpaired) electrons. The van der Waals surface area contributed by atoms with E-state index in [2.05, 4.69) is 6.92 Å². The van der Waals surface area contributed by atoms with Crippen LogP contribution in [-0.2, 0) is 23.8 Å². The van der Waals surface area contributed by atoms with Gasteiger partial charge in [-0.15, -0.1) is 0 Å². The molecular weight excluding hydrogens is 272 g/mol. The molecule has 0 aliphatic heterocycles. The molecule has 0 amide bonds. The van der Waals surface area contributed by atoms with Crippen molar-refractivity contribution in [2.45, 2.75) is 71.3 Å². The van der Waals surface area contributed by atoms with Crippen LogP contribution < -0.4 is 0 Å². The van der Waals surface area contributed by atoms with E-state index in [1.54, 1.807) is 14.0 Å². The summed E-state index contributed by atoms with van der Waals surface area (Å²) in [4.78, 5) is 22.8. The van der Waals surface area contributed by atoms with Crippen LogP contribution in [0, 0.1) is 0 Å². The van der Waals surface area contributed by atoms with Gasteiger partial charge in [-0.2, -0.15) is 0 Å². The lowest BCUT2D eigenvalue weighted by Gasteiger charge is -2.17.